The maximum absolute atomic E-state index is 13.1. The molecule has 0 spiro atoms. The van der Waals surface area contributed by atoms with Gasteiger partial charge in [0.25, 0.3) is 11.8 Å². The van der Waals surface area contributed by atoms with Crippen LogP contribution in [0.1, 0.15) is 73.0 Å². The molecule has 15 nitrogen and oxygen atoms in total. The molecule has 15 heteroatoms. The predicted molar refractivity (Wildman–Crippen MR) is 199 cm³/mol. The zero-order chi connectivity index (χ0) is 37.4. The lowest BCUT2D eigenvalue weighted by molar-refractivity contribution is -0.121. The molecule has 3 aromatic rings. The molecular formula is C38H46N12O3. The van der Waals surface area contributed by atoms with Crippen LogP contribution in [0.5, 0.6) is 0 Å². The van der Waals surface area contributed by atoms with Gasteiger partial charge in [0.2, 0.25) is 5.91 Å². The van der Waals surface area contributed by atoms with Crippen LogP contribution in [-0.4, -0.2) is 82.1 Å². The quantitative estimate of drug-likeness (QED) is 0.0988. The molecule has 2 aromatic heterocycles. The molecule has 7 rings (SSSR count). The zero-order valence-corrected chi connectivity index (χ0v) is 30.3. The number of carbonyl (C=O) groups is 3. The average molecular weight is 719 g/mol. The number of amides is 3. The van der Waals surface area contributed by atoms with Gasteiger partial charge in [-0.25, -0.2) is 4.98 Å². The molecule has 1 atom stereocenters. The van der Waals surface area contributed by atoms with Crippen LogP contribution < -0.4 is 32.3 Å². The summed E-state index contributed by atoms with van der Waals surface area (Å²) < 4.78 is 2.15. The summed E-state index contributed by atoms with van der Waals surface area (Å²) >= 11 is 0. The van der Waals surface area contributed by atoms with Gasteiger partial charge in [0.05, 0.1) is 52.8 Å². The summed E-state index contributed by atoms with van der Waals surface area (Å²) in [6.07, 6.45) is 7.77. The Morgan fingerprint density at radius 1 is 1.08 bits per heavy atom. The van der Waals surface area contributed by atoms with Crippen LogP contribution in [-0.2, 0) is 16.1 Å². The molecule has 1 saturated heterocycles. The van der Waals surface area contributed by atoms with Crippen molar-refractivity contribution in [1.29, 1.82) is 5.26 Å². The average Bonchev–Trinajstić information content (AvgIpc) is 4.07. The number of nitrogens with one attached hydrogen (secondary N) is 3. The highest BCUT2D eigenvalue weighted by molar-refractivity contribution is 5.97. The minimum absolute atomic E-state index is 0.00242. The number of hydrogen-bond acceptors (Lipinski definition) is 11. The van der Waals surface area contributed by atoms with Crippen molar-refractivity contribution in [2.24, 2.45) is 17.4 Å². The molecule has 0 bridgehead atoms. The predicted octanol–water partition coefficient (Wildman–Crippen LogP) is 2.69. The van der Waals surface area contributed by atoms with E-state index in [1.807, 2.05) is 36.5 Å². The van der Waals surface area contributed by atoms with Crippen molar-refractivity contribution in [3.05, 3.63) is 83.0 Å². The van der Waals surface area contributed by atoms with Crippen molar-refractivity contribution in [2.75, 3.05) is 43.9 Å². The Bertz CT molecular complexity index is 2030. The second-order valence-electron chi connectivity index (χ2n) is 14.4. The summed E-state index contributed by atoms with van der Waals surface area (Å²) in [7, 11) is 3.65. The summed E-state index contributed by atoms with van der Waals surface area (Å²) in [5, 5.41) is 23.0. The number of nitriles is 1. The number of anilines is 2. The van der Waals surface area contributed by atoms with Crippen LogP contribution in [0.3, 0.4) is 0 Å². The third kappa shape index (κ3) is 7.40. The molecule has 2 aliphatic heterocycles. The van der Waals surface area contributed by atoms with Gasteiger partial charge in [0.15, 0.2) is 0 Å². The van der Waals surface area contributed by atoms with Gasteiger partial charge in [-0.1, -0.05) is 25.1 Å². The molecule has 4 heterocycles. The summed E-state index contributed by atoms with van der Waals surface area (Å²) in [6.45, 7) is 4.31. The van der Waals surface area contributed by atoms with E-state index in [4.69, 9.17) is 21.8 Å². The highest BCUT2D eigenvalue weighted by atomic mass is 16.2. The largest absolute Gasteiger partial charge is 0.393 e. The molecule has 3 fully saturated rings. The van der Waals surface area contributed by atoms with Crippen LogP contribution in [0, 0.1) is 17.2 Å². The number of para-hydroxylation sites is 1. The van der Waals surface area contributed by atoms with E-state index in [-0.39, 0.29) is 53.9 Å². The third-order valence-corrected chi connectivity index (χ3v) is 10.3. The maximum atomic E-state index is 13.1. The molecule has 7 N–H and O–H groups in total. The molecule has 2 saturated carbocycles. The van der Waals surface area contributed by atoms with Crippen LogP contribution >= 0.6 is 0 Å². The number of pyridine rings is 1. The molecule has 0 radical (unpaired) electrons. The number of likely N-dealkylation sites (tertiary alicyclic amines) is 1. The lowest BCUT2D eigenvalue weighted by Crippen LogP contribution is -2.48. The Morgan fingerprint density at radius 3 is 2.53 bits per heavy atom. The number of hydrogen-bond donors (Lipinski definition) is 5. The van der Waals surface area contributed by atoms with Crippen LogP contribution in [0.15, 0.2) is 65.9 Å². The summed E-state index contributed by atoms with van der Waals surface area (Å²) in [5.74, 6) is -0.741. The highest BCUT2D eigenvalue weighted by Gasteiger charge is 2.38. The van der Waals surface area contributed by atoms with Gasteiger partial charge in [-0.15, -0.1) is 0 Å². The van der Waals surface area contributed by atoms with E-state index >= 15 is 0 Å². The monoisotopic (exact) mass is 718 g/mol. The Morgan fingerprint density at radius 2 is 1.83 bits per heavy atom. The number of fused-ring (bicyclic) bond motifs is 3. The SMILES string of the molecule is CC[C@@H]1c2c(cnn2C2CN(Cc3cccc(C(=O)N(C)CC#N)n3)C2)-c2cccc(NC(/C=C(\N)NC(=O)C3CC3)=C(/N)C(=O)NC3CC3)c2N1C. The maximum Gasteiger partial charge on any atom is 0.273 e. The normalized spacial score (nSPS) is 18.9. The molecular weight excluding hydrogens is 672 g/mol. The molecule has 2 aliphatic carbocycles. The second-order valence-corrected chi connectivity index (χ2v) is 14.4. The first-order valence-electron chi connectivity index (χ1n) is 18.2. The van der Waals surface area contributed by atoms with E-state index in [0.29, 0.717) is 17.9 Å². The minimum atomic E-state index is -0.393. The van der Waals surface area contributed by atoms with Crippen LogP contribution in [0.25, 0.3) is 11.1 Å². The van der Waals surface area contributed by atoms with Gasteiger partial charge in [-0.05, 0) is 50.3 Å². The Labute approximate surface area is 308 Å². The zero-order valence-electron chi connectivity index (χ0n) is 30.3. The van der Waals surface area contributed by atoms with Crippen molar-refractivity contribution < 1.29 is 14.4 Å². The Balaban J connectivity index is 1.12. The first-order chi connectivity index (χ1) is 25.6. The van der Waals surface area contributed by atoms with Crippen molar-refractivity contribution in [2.45, 2.75) is 63.7 Å². The topological polar surface area (TPSA) is 204 Å². The van der Waals surface area contributed by atoms with Crippen LogP contribution in [0.4, 0.5) is 11.4 Å². The van der Waals surface area contributed by atoms with Crippen molar-refractivity contribution in [1.82, 2.24) is 35.2 Å². The van der Waals surface area contributed by atoms with E-state index < -0.39 is 5.91 Å². The first kappa shape index (κ1) is 35.5. The lowest BCUT2D eigenvalue weighted by atomic mass is 9.91. The van der Waals surface area contributed by atoms with Gasteiger partial charge in [0.1, 0.15) is 23.8 Å². The molecule has 4 aliphatic rings. The summed E-state index contributed by atoms with van der Waals surface area (Å²) in [6, 6.07) is 13.7. The molecule has 0 unspecified atom stereocenters. The van der Waals surface area contributed by atoms with Gasteiger partial charge in [-0.3, -0.25) is 24.0 Å². The number of aromatic nitrogens is 3. The van der Waals surface area contributed by atoms with Crippen molar-refractivity contribution in [3.8, 4) is 17.2 Å². The summed E-state index contributed by atoms with van der Waals surface area (Å²) in [5.41, 5.74) is 19.0. The van der Waals surface area contributed by atoms with Crippen molar-refractivity contribution >= 4 is 29.1 Å². The standard InChI is InChI=1S/C38H46N12O3/c1-4-31-35-27(18-42-50(35)25-20-49(21-25)19-24-7-5-10-29(43-24)38(53)47(2)16-15-39)26-8-6-9-28(34(26)48(31)3)45-30(33(41)37(52)44-23-13-14-23)17-32(40)46-36(51)22-11-12-22/h5-10,17-18,22-23,25,31,45H,4,11-14,16,19-21,40-41H2,1-3H3,(H,44,52)(H,46,51)/b32-17+,33-30+/t31-/m1/s1. The van der Waals surface area contributed by atoms with E-state index in [9.17, 15) is 14.4 Å². The second kappa shape index (κ2) is 14.6. The molecule has 3 amide bonds. The van der Waals surface area contributed by atoms with Gasteiger partial charge >= 0.3 is 0 Å². The Hall–Kier alpha value is -5.88. The lowest BCUT2D eigenvalue weighted by Gasteiger charge is -2.43. The third-order valence-electron chi connectivity index (χ3n) is 10.3. The fourth-order valence-electron chi connectivity index (χ4n) is 7.09. The van der Waals surface area contributed by atoms with Gasteiger partial charge in [-0.2, -0.15) is 10.4 Å². The van der Waals surface area contributed by atoms with E-state index in [1.165, 1.54) is 11.0 Å². The summed E-state index contributed by atoms with van der Waals surface area (Å²) in [4.78, 5) is 48.7. The number of carbonyl (C=O) groups excluding carboxylic acids is 3. The smallest absolute Gasteiger partial charge is 0.273 e. The number of benzene rings is 1. The van der Waals surface area contributed by atoms with Gasteiger partial charge < -0.3 is 37.2 Å². The molecule has 276 valence electrons. The number of allylic oxidation sites excluding steroid dienone is 1. The fourth-order valence-corrected chi connectivity index (χ4v) is 7.09. The fraction of sp³-hybridized carbons (Fsp3) is 0.421. The van der Waals surface area contributed by atoms with Gasteiger partial charge in [0, 0.05) is 62.9 Å². The minimum Gasteiger partial charge on any atom is -0.393 e. The molecule has 1 aromatic carbocycles. The molecule has 53 heavy (non-hydrogen) atoms. The highest BCUT2D eigenvalue weighted by Crippen LogP contribution is 2.49. The number of rotatable bonds is 13. The first-order valence-corrected chi connectivity index (χ1v) is 18.2. The van der Waals surface area contributed by atoms with E-state index in [1.54, 1.807) is 13.1 Å². The van der Waals surface area contributed by atoms with E-state index in [2.05, 4.69) is 55.5 Å². The van der Waals surface area contributed by atoms with Crippen molar-refractivity contribution in [3.63, 3.8) is 0 Å². The number of nitrogens with two attached hydrogens (primary N) is 2. The van der Waals surface area contributed by atoms with E-state index in [0.717, 1.165) is 79.1 Å². The number of nitrogens with zero attached hydrogens (tertiary/aromatic N) is 7. The Kier molecular flexibility index (Phi) is 9.80. The van der Waals surface area contributed by atoms with Crippen LogP contribution in [0.2, 0.25) is 0 Å².